The maximum absolute atomic E-state index is 5.76. The molecule has 3 rings (SSSR count). The van der Waals surface area contributed by atoms with Crippen LogP contribution in [0.15, 0.2) is 12.3 Å². The van der Waals surface area contributed by atoms with Crippen molar-refractivity contribution in [2.45, 2.75) is 37.7 Å². The van der Waals surface area contributed by atoms with E-state index < -0.39 is 0 Å². The maximum Gasteiger partial charge on any atom is 0.0809 e. The maximum atomic E-state index is 5.76. The number of nitrogens with one attached hydrogen (secondary N) is 1. The highest BCUT2D eigenvalue weighted by Gasteiger charge is 2.22. The fourth-order valence-electron chi connectivity index (χ4n) is 3.19. The topological polar surface area (TPSA) is 50.4 Å². The van der Waals surface area contributed by atoms with Crippen LogP contribution in [0.25, 0.3) is 0 Å². The van der Waals surface area contributed by atoms with E-state index in [2.05, 4.69) is 21.2 Å². The van der Waals surface area contributed by atoms with Gasteiger partial charge in [0.1, 0.15) is 0 Å². The van der Waals surface area contributed by atoms with Gasteiger partial charge in [0.2, 0.25) is 0 Å². The molecule has 2 fully saturated rings. The van der Waals surface area contributed by atoms with Gasteiger partial charge in [-0.1, -0.05) is 0 Å². The summed E-state index contributed by atoms with van der Waals surface area (Å²) in [6, 6.07) is 2.10. The van der Waals surface area contributed by atoms with Gasteiger partial charge in [-0.05, 0) is 38.3 Å². The van der Waals surface area contributed by atoms with E-state index in [9.17, 15) is 0 Å². The molecule has 3 heterocycles. The Balaban J connectivity index is 1.35. The molecule has 5 nitrogen and oxygen atoms in total. The van der Waals surface area contributed by atoms with E-state index in [1.807, 2.05) is 6.20 Å². The first-order valence-electron chi connectivity index (χ1n) is 7.83. The molecule has 0 spiro atoms. The van der Waals surface area contributed by atoms with Gasteiger partial charge < -0.3 is 14.4 Å². The van der Waals surface area contributed by atoms with Crippen molar-refractivity contribution in [2.75, 3.05) is 39.5 Å². The standard InChI is InChI=1S/C15H25N3O2/c1-3-13(15-5-6-16-17-15)11-18(7-1)8-10-19-12-14-4-2-9-20-14/h5-6,13-14H,1-4,7-12H2,(H,16,17)/t13-,14-/m0/s1. The Morgan fingerprint density at radius 2 is 2.40 bits per heavy atom. The first kappa shape index (κ1) is 14.0. The molecule has 2 aliphatic heterocycles. The van der Waals surface area contributed by atoms with Gasteiger partial charge in [-0.3, -0.25) is 5.10 Å². The minimum Gasteiger partial charge on any atom is -0.377 e. The van der Waals surface area contributed by atoms with Crippen LogP contribution in [0.5, 0.6) is 0 Å². The zero-order valence-corrected chi connectivity index (χ0v) is 12.1. The van der Waals surface area contributed by atoms with E-state index in [1.165, 1.54) is 31.5 Å². The molecular weight excluding hydrogens is 254 g/mol. The molecule has 1 N–H and O–H groups in total. The molecular formula is C15H25N3O2. The minimum absolute atomic E-state index is 0.342. The molecule has 0 bridgehead atoms. The Morgan fingerprint density at radius 1 is 1.40 bits per heavy atom. The molecule has 0 radical (unpaired) electrons. The highest BCUT2D eigenvalue weighted by atomic mass is 16.5. The van der Waals surface area contributed by atoms with E-state index in [0.717, 1.165) is 39.3 Å². The second kappa shape index (κ2) is 7.20. The molecule has 0 unspecified atom stereocenters. The monoisotopic (exact) mass is 279 g/mol. The summed E-state index contributed by atoms with van der Waals surface area (Å²) < 4.78 is 11.3. The number of H-pyrrole nitrogens is 1. The fourth-order valence-corrected chi connectivity index (χ4v) is 3.19. The van der Waals surface area contributed by atoms with Crippen LogP contribution in [-0.2, 0) is 9.47 Å². The largest absolute Gasteiger partial charge is 0.377 e. The fraction of sp³-hybridized carbons (Fsp3) is 0.800. The number of rotatable bonds is 6. The van der Waals surface area contributed by atoms with Crippen molar-refractivity contribution < 1.29 is 9.47 Å². The third-order valence-corrected chi connectivity index (χ3v) is 4.35. The predicted octanol–water partition coefficient (Wildman–Crippen LogP) is 1.78. The number of likely N-dealkylation sites (tertiary alicyclic amines) is 1. The van der Waals surface area contributed by atoms with E-state index >= 15 is 0 Å². The Morgan fingerprint density at radius 3 is 3.20 bits per heavy atom. The van der Waals surface area contributed by atoms with Crippen LogP contribution in [0.4, 0.5) is 0 Å². The van der Waals surface area contributed by atoms with Crippen LogP contribution in [-0.4, -0.2) is 60.7 Å². The van der Waals surface area contributed by atoms with Gasteiger partial charge in [0.05, 0.1) is 19.3 Å². The van der Waals surface area contributed by atoms with E-state index in [4.69, 9.17) is 9.47 Å². The smallest absolute Gasteiger partial charge is 0.0809 e. The van der Waals surface area contributed by atoms with Crippen molar-refractivity contribution in [3.8, 4) is 0 Å². The molecule has 0 aliphatic carbocycles. The summed E-state index contributed by atoms with van der Waals surface area (Å²) in [4.78, 5) is 2.50. The van der Waals surface area contributed by atoms with Crippen LogP contribution < -0.4 is 0 Å². The number of piperidine rings is 1. The summed E-state index contributed by atoms with van der Waals surface area (Å²) >= 11 is 0. The number of aromatic nitrogens is 2. The molecule has 1 aromatic rings. The lowest BCUT2D eigenvalue weighted by molar-refractivity contribution is 0.00849. The third kappa shape index (κ3) is 3.81. The molecule has 112 valence electrons. The van der Waals surface area contributed by atoms with E-state index in [0.29, 0.717) is 12.0 Å². The lowest BCUT2D eigenvalue weighted by Crippen LogP contribution is -2.37. The van der Waals surface area contributed by atoms with Gasteiger partial charge in [0, 0.05) is 37.5 Å². The van der Waals surface area contributed by atoms with Gasteiger partial charge in [-0.2, -0.15) is 5.10 Å². The van der Waals surface area contributed by atoms with Crippen LogP contribution in [0.3, 0.4) is 0 Å². The molecule has 2 saturated heterocycles. The highest BCUT2D eigenvalue weighted by molar-refractivity contribution is 5.07. The Bertz CT molecular complexity index is 376. The van der Waals surface area contributed by atoms with Crippen LogP contribution in [0.1, 0.15) is 37.3 Å². The summed E-state index contributed by atoms with van der Waals surface area (Å²) in [7, 11) is 0. The lowest BCUT2D eigenvalue weighted by Gasteiger charge is -2.32. The molecule has 5 heteroatoms. The Labute approximate surface area is 120 Å². The summed E-state index contributed by atoms with van der Waals surface area (Å²) in [5.41, 5.74) is 1.27. The summed E-state index contributed by atoms with van der Waals surface area (Å²) in [5.74, 6) is 0.601. The normalized spacial score (nSPS) is 28.0. The number of hydrogen-bond donors (Lipinski definition) is 1. The van der Waals surface area contributed by atoms with Crippen molar-refractivity contribution in [2.24, 2.45) is 0 Å². The average Bonchev–Trinajstić information content (AvgIpc) is 3.17. The minimum atomic E-state index is 0.342. The number of nitrogens with zero attached hydrogens (tertiary/aromatic N) is 2. The second-order valence-electron chi connectivity index (χ2n) is 5.86. The SMILES string of the molecule is c1cc([C@H]2CCCN(CCOC[C@@H]3CCCO3)C2)[nH]n1. The average molecular weight is 279 g/mol. The third-order valence-electron chi connectivity index (χ3n) is 4.35. The van der Waals surface area contributed by atoms with Gasteiger partial charge in [-0.25, -0.2) is 0 Å². The van der Waals surface area contributed by atoms with E-state index in [1.54, 1.807) is 0 Å². The second-order valence-corrected chi connectivity index (χ2v) is 5.86. The Kier molecular flexibility index (Phi) is 5.06. The van der Waals surface area contributed by atoms with Crippen molar-refractivity contribution in [1.29, 1.82) is 0 Å². The van der Waals surface area contributed by atoms with Gasteiger partial charge in [-0.15, -0.1) is 0 Å². The predicted molar refractivity (Wildman–Crippen MR) is 76.8 cm³/mol. The lowest BCUT2D eigenvalue weighted by atomic mass is 9.95. The summed E-state index contributed by atoms with van der Waals surface area (Å²) in [6.45, 7) is 5.82. The summed E-state index contributed by atoms with van der Waals surface area (Å²) in [6.07, 6.45) is 7.05. The number of aromatic amines is 1. The molecule has 0 amide bonds. The van der Waals surface area contributed by atoms with Crippen molar-refractivity contribution >= 4 is 0 Å². The highest BCUT2D eigenvalue weighted by Crippen LogP contribution is 2.24. The van der Waals surface area contributed by atoms with E-state index in [-0.39, 0.29) is 0 Å². The van der Waals surface area contributed by atoms with Crippen molar-refractivity contribution in [3.05, 3.63) is 18.0 Å². The van der Waals surface area contributed by atoms with Crippen LogP contribution >= 0.6 is 0 Å². The van der Waals surface area contributed by atoms with Gasteiger partial charge >= 0.3 is 0 Å². The number of hydrogen-bond acceptors (Lipinski definition) is 4. The molecule has 2 atom stereocenters. The quantitative estimate of drug-likeness (QED) is 0.807. The summed E-state index contributed by atoms with van der Waals surface area (Å²) in [5, 5.41) is 7.17. The van der Waals surface area contributed by atoms with Gasteiger partial charge in [0.25, 0.3) is 0 Å². The number of ether oxygens (including phenoxy) is 2. The first-order valence-corrected chi connectivity index (χ1v) is 7.83. The molecule has 0 aromatic carbocycles. The van der Waals surface area contributed by atoms with Gasteiger partial charge in [0.15, 0.2) is 0 Å². The zero-order valence-electron chi connectivity index (χ0n) is 12.1. The zero-order chi connectivity index (χ0) is 13.6. The first-order chi connectivity index (χ1) is 9.92. The Hall–Kier alpha value is -0.910. The van der Waals surface area contributed by atoms with Crippen LogP contribution in [0.2, 0.25) is 0 Å². The molecule has 2 aliphatic rings. The van der Waals surface area contributed by atoms with Crippen molar-refractivity contribution in [3.63, 3.8) is 0 Å². The molecule has 1 aromatic heterocycles. The molecule has 0 saturated carbocycles. The van der Waals surface area contributed by atoms with Crippen LogP contribution in [0, 0.1) is 0 Å². The molecule has 20 heavy (non-hydrogen) atoms. The van der Waals surface area contributed by atoms with Crippen molar-refractivity contribution in [1.82, 2.24) is 15.1 Å².